The normalized spacial score (nSPS) is 9.47. The van der Waals surface area contributed by atoms with Crippen LogP contribution in [0, 0.1) is 0 Å². The Balaban J connectivity index is 2.83. The molecule has 0 spiro atoms. The minimum absolute atomic E-state index is 0.115. The van der Waals surface area contributed by atoms with Gasteiger partial charge >= 0.3 is 0 Å². The van der Waals surface area contributed by atoms with E-state index < -0.39 is 0 Å². The molecule has 0 saturated carbocycles. The van der Waals surface area contributed by atoms with Crippen LogP contribution in [0.3, 0.4) is 0 Å². The zero-order valence-corrected chi connectivity index (χ0v) is 9.17. The number of nitrogens with one attached hydrogen (secondary N) is 2. The lowest BCUT2D eigenvalue weighted by Gasteiger charge is -2.05. The summed E-state index contributed by atoms with van der Waals surface area (Å²) in [6, 6.07) is 6.71. The van der Waals surface area contributed by atoms with Gasteiger partial charge in [0.15, 0.2) is 0 Å². The standard InChI is InChI=1S/C10H12N2O2S/c1-11-10(14)7-3-2-4-8(5-7)12-9(13)6-15/h2-5,15H,6H2,1H3,(H,11,14)(H,12,13). The van der Waals surface area contributed by atoms with Crippen molar-refractivity contribution >= 4 is 30.1 Å². The third-order valence-electron chi connectivity index (χ3n) is 1.78. The molecule has 0 unspecified atom stereocenters. The molecule has 1 rings (SSSR count). The van der Waals surface area contributed by atoms with E-state index >= 15 is 0 Å². The third-order valence-corrected chi connectivity index (χ3v) is 2.07. The lowest BCUT2D eigenvalue weighted by molar-refractivity contribution is -0.113. The van der Waals surface area contributed by atoms with Crippen LogP contribution in [0.15, 0.2) is 24.3 Å². The highest BCUT2D eigenvalue weighted by molar-refractivity contribution is 7.81. The smallest absolute Gasteiger partial charge is 0.251 e. The Labute approximate surface area is 93.5 Å². The third kappa shape index (κ3) is 3.28. The van der Waals surface area contributed by atoms with Crippen molar-refractivity contribution in [1.82, 2.24) is 5.32 Å². The maximum absolute atomic E-state index is 11.3. The lowest BCUT2D eigenvalue weighted by atomic mass is 10.2. The van der Waals surface area contributed by atoms with Crippen molar-refractivity contribution in [2.75, 3.05) is 18.1 Å². The van der Waals surface area contributed by atoms with Crippen LogP contribution in [0.25, 0.3) is 0 Å². The van der Waals surface area contributed by atoms with Crippen molar-refractivity contribution in [3.05, 3.63) is 29.8 Å². The monoisotopic (exact) mass is 224 g/mol. The maximum Gasteiger partial charge on any atom is 0.251 e. The fourth-order valence-corrected chi connectivity index (χ4v) is 1.16. The lowest BCUT2D eigenvalue weighted by Crippen LogP contribution is -2.18. The average Bonchev–Trinajstić information content (AvgIpc) is 2.28. The predicted octanol–water partition coefficient (Wildman–Crippen LogP) is 0.914. The van der Waals surface area contributed by atoms with Crippen LogP contribution in [0.5, 0.6) is 0 Å². The van der Waals surface area contributed by atoms with Gasteiger partial charge in [-0.25, -0.2) is 0 Å². The molecule has 80 valence electrons. The number of thiol groups is 1. The number of hydrogen-bond acceptors (Lipinski definition) is 3. The van der Waals surface area contributed by atoms with Gasteiger partial charge < -0.3 is 10.6 Å². The molecule has 0 saturated heterocycles. The molecule has 1 aromatic rings. The summed E-state index contributed by atoms with van der Waals surface area (Å²) in [5.74, 6) is -0.270. The van der Waals surface area contributed by atoms with Crippen molar-refractivity contribution in [3.63, 3.8) is 0 Å². The summed E-state index contributed by atoms with van der Waals surface area (Å²) >= 11 is 3.84. The Kier molecular flexibility index (Phi) is 4.17. The van der Waals surface area contributed by atoms with Gasteiger partial charge in [-0.15, -0.1) is 0 Å². The minimum Gasteiger partial charge on any atom is -0.355 e. The molecule has 5 heteroatoms. The number of rotatable bonds is 3. The van der Waals surface area contributed by atoms with Gasteiger partial charge in [0.2, 0.25) is 5.91 Å². The fourth-order valence-electron chi connectivity index (χ4n) is 1.08. The summed E-state index contributed by atoms with van der Waals surface area (Å²) in [6.07, 6.45) is 0. The van der Waals surface area contributed by atoms with Gasteiger partial charge in [0.05, 0.1) is 5.75 Å². The van der Waals surface area contributed by atoms with Crippen molar-refractivity contribution in [3.8, 4) is 0 Å². The van der Waals surface area contributed by atoms with Crippen molar-refractivity contribution in [2.45, 2.75) is 0 Å². The van der Waals surface area contributed by atoms with E-state index in [-0.39, 0.29) is 17.6 Å². The van der Waals surface area contributed by atoms with Gasteiger partial charge in [-0.05, 0) is 18.2 Å². The second-order valence-corrected chi connectivity index (χ2v) is 3.18. The van der Waals surface area contributed by atoms with E-state index in [1.54, 1.807) is 31.3 Å². The quantitative estimate of drug-likeness (QED) is 0.668. The summed E-state index contributed by atoms with van der Waals surface area (Å²) in [4.78, 5) is 22.3. The van der Waals surface area contributed by atoms with Gasteiger partial charge in [-0.2, -0.15) is 12.6 Å². The molecule has 15 heavy (non-hydrogen) atoms. The first-order valence-electron chi connectivity index (χ1n) is 4.40. The molecule has 0 fully saturated rings. The molecule has 4 nitrogen and oxygen atoms in total. The molecule has 0 aromatic heterocycles. The average molecular weight is 224 g/mol. The number of carbonyl (C=O) groups excluding carboxylic acids is 2. The molecule has 0 radical (unpaired) electrons. The van der Waals surface area contributed by atoms with Crippen LogP contribution in [0.4, 0.5) is 5.69 Å². The van der Waals surface area contributed by atoms with E-state index in [0.29, 0.717) is 11.3 Å². The summed E-state index contributed by atoms with van der Waals surface area (Å²) in [5.41, 5.74) is 1.10. The number of hydrogen-bond donors (Lipinski definition) is 3. The highest BCUT2D eigenvalue weighted by Gasteiger charge is 2.04. The zero-order valence-electron chi connectivity index (χ0n) is 8.28. The Morgan fingerprint density at radius 1 is 1.40 bits per heavy atom. The van der Waals surface area contributed by atoms with E-state index in [1.165, 1.54) is 0 Å². The van der Waals surface area contributed by atoms with Crippen LogP contribution in [-0.4, -0.2) is 24.6 Å². The van der Waals surface area contributed by atoms with Crippen LogP contribution >= 0.6 is 12.6 Å². The van der Waals surface area contributed by atoms with Gasteiger partial charge in [0, 0.05) is 18.3 Å². The Hall–Kier alpha value is -1.49. The number of benzene rings is 1. The summed E-state index contributed by atoms with van der Waals surface area (Å²) in [7, 11) is 1.56. The maximum atomic E-state index is 11.3. The molecule has 2 amide bonds. The Morgan fingerprint density at radius 2 is 2.13 bits per heavy atom. The first-order valence-corrected chi connectivity index (χ1v) is 5.03. The van der Waals surface area contributed by atoms with E-state index in [2.05, 4.69) is 23.3 Å². The topological polar surface area (TPSA) is 58.2 Å². The van der Waals surface area contributed by atoms with Gasteiger partial charge in [-0.3, -0.25) is 9.59 Å². The van der Waals surface area contributed by atoms with Gasteiger partial charge in [0.25, 0.3) is 5.91 Å². The van der Waals surface area contributed by atoms with E-state index in [0.717, 1.165) is 0 Å². The van der Waals surface area contributed by atoms with Crippen molar-refractivity contribution in [2.24, 2.45) is 0 Å². The highest BCUT2D eigenvalue weighted by atomic mass is 32.1. The van der Waals surface area contributed by atoms with Crippen molar-refractivity contribution < 1.29 is 9.59 Å². The van der Waals surface area contributed by atoms with E-state index in [4.69, 9.17) is 0 Å². The van der Waals surface area contributed by atoms with Crippen LogP contribution in [0.1, 0.15) is 10.4 Å². The molecule has 0 aliphatic heterocycles. The Morgan fingerprint density at radius 3 is 2.73 bits per heavy atom. The van der Waals surface area contributed by atoms with Crippen molar-refractivity contribution in [1.29, 1.82) is 0 Å². The molecule has 0 bridgehead atoms. The van der Waals surface area contributed by atoms with Crippen LogP contribution < -0.4 is 10.6 Å². The number of carbonyl (C=O) groups is 2. The molecule has 0 aliphatic carbocycles. The number of amides is 2. The predicted molar refractivity (Wildman–Crippen MR) is 62.3 cm³/mol. The molecule has 2 N–H and O–H groups in total. The zero-order chi connectivity index (χ0) is 11.3. The Bertz CT molecular complexity index is 379. The molecule has 0 aliphatic rings. The summed E-state index contributed by atoms with van der Waals surface area (Å²) < 4.78 is 0. The van der Waals surface area contributed by atoms with E-state index in [1.807, 2.05) is 0 Å². The molecule has 1 aromatic carbocycles. The molecule has 0 atom stereocenters. The summed E-state index contributed by atoms with van der Waals surface area (Å²) in [6.45, 7) is 0. The molecule has 0 heterocycles. The molecular formula is C10H12N2O2S. The SMILES string of the molecule is CNC(=O)c1cccc(NC(=O)CS)c1. The first-order chi connectivity index (χ1) is 7.17. The minimum atomic E-state index is -0.201. The highest BCUT2D eigenvalue weighted by Crippen LogP contribution is 2.10. The van der Waals surface area contributed by atoms with E-state index in [9.17, 15) is 9.59 Å². The van der Waals surface area contributed by atoms with Crippen LogP contribution in [0.2, 0.25) is 0 Å². The molecular weight excluding hydrogens is 212 g/mol. The van der Waals surface area contributed by atoms with Crippen LogP contribution in [-0.2, 0) is 4.79 Å². The fraction of sp³-hybridized carbons (Fsp3) is 0.200. The second-order valence-electron chi connectivity index (χ2n) is 2.87. The van der Waals surface area contributed by atoms with Gasteiger partial charge in [-0.1, -0.05) is 6.07 Å². The second kappa shape index (κ2) is 5.41. The van der Waals surface area contributed by atoms with Gasteiger partial charge in [0.1, 0.15) is 0 Å². The summed E-state index contributed by atoms with van der Waals surface area (Å²) in [5, 5.41) is 5.12. The number of anilines is 1. The largest absolute Gasteiger partial charge is 0.355 e. The first kappa shape index (κ1) is 11.6.